The fourth-order valence-corrected chi connectivity index (χ4v) is 2.98. The molecule has 0 radical (unpaired) electrons. The number of aromatic nitrogens is 2. The molecule has 6 nitrogen and oxygen atoms in total. The minimum atomic E-state index is -2.69. The van der Waals surface area contributed by atoms with E-state index in [2.05, 4.69) is 31.5 Å². The van der Waals surface area contributed by atoms with Gasteiger partial charge in [0.15, 0.2) is 0 Å². The normalized spacial score (nSPS) is 10.8. The van der Waals surface area contributed by atoms with Gasteiger partial charge in [-0.25, -0.2) is 4.98 Å². The maximum absolute atomic E-state index is 12.7. The quantitative estimate of drug-likeness (QED) is 0.578. The Labute approximate surface area is 161 Å². The number of carbonyl (C=O) groups is 2. The Hall–Kier alpha value is -1.94. The number of nitrogens with one attached hydrogen (secondary N) is 2. The fraction of sp³-hybridized carbons (Fsp3) is 0.312. The van der Waals surface area contributed by atoms with Gasteiger partial charge in [0.2, 0.25) is 11.8 Å². The average molecular weight is 447 g/mol. The summed E-state index contributed by atoms with van der Waals surface area (Å²) in [6.45, 7) is -2.76. The first-order chi connectivity index (χ1) is 12.5. The van der Waals surface area contributed by atoms with Crippen LogP contribution in [-0.4, -0.2) is 32.9 Å². The number of rotatable bonds is 9. The first kappa shape index (κ1) is 20.4. The van der Waals surface area contributed by atoms with Crippen LogP contribution in [0.15, 0.2) is 41.1 Å². The van der Waals surface area contributed by atoms with Crippen molar-refractivity contribution in [2.45, 2.75) is 19.5 Å². The molecule has 1 aromatic carbocycles. The highest BCUT2D eigenvalue weighted by Gasteiger charge is 2.12. The minimum Gasteiger partial charge on any atom is -0.349 e. The largest absolute Gasteiger partial charge is 0.349 e. The standard InChI is InChI=1S/C16H17BrF2N4O2S/c17-11-1-3-12(4-2-11)22-15(25)10-26-8-5-14(24)21-9-13-20-6-7-23(13)16(18)19/h1-4,6-7,16H,5,8-10H2,(H,21,24)(H,22,25). The maximum Gasteiger partial charge on any atom is 0.319 e. The number of halogens is 3. The van der Waals surface area contributed by atoms with Gasteiger partial charge in [0.25, 0.3) is 0 Å². The molecule has 0 aliphatic carbocycles. The SMILES string of the molecule is O=C(CCSCC(=O)Nc1ccc(Br)cc1)NCc1nccn1C(F)F. The molecule has 0 saturated carbocycles. The number of hydrogen-bond donors (Lipinski definition) is 2. The van der Waals surface area contributed by atoms with Gasteiger partial charge < -0.3 is 10.6 Å². The Bertz CT molecular complexity index is 740. The molecular formula is C16H17BrF2N4O2S. The van der Waals surface area contributed by atoms with Crippen molar-refractivity contribution < 1.29 is 18.4 Å². The van der Waals surface area contributed by atoms with Gasteiger partial charge in [-0.2, -0.15) is 20.5 Å². The zero-order chi connectivity index (χ0) is 18.9. The second-order valence-corrected chi connectivity index (χ2v) is 7.18. The van der Waals surface area contributed by atoms with E-state index < -0.39 is 6.55 Å². The van der Waals surface area contributed by atoms with Crippen molar-refractivity contribution in [2.24, 2.45) is 0 Å². The van der Waals surface area contributed by atoms with Crippen LogP contribution in [0.3, 0.4) is 0 Å². The van der Waals surface area contributed by atoms with E-state index in [0.29, 0.717) is 16.0 Å². The number of carbonyl (C=O) groups excluding carboxylic acids is 2. The van der Waals surface area contributed by atoms with Gasteiger partial charge in [0.1, 0.15) is 5.82 Å². The number of nitrogens with zero attached hydrogens (tertiary/aromatic N) is 2. The van der Waals surface area contributed by atoms with Crippen LogP contribution in [0.5, 0.6) is 0 Å². The summed E-state index contributed by atoms with van der Waals surface area (Å²) in [6.07, 6.45) is 2.60. The molecule has 1 aromatic heterocycles. The monoisotopic (exact) mass is 446 g/mol. The molecule has 0 spiro atoms. The van der Waals surface area contributed by atoms with Crippen molar-refractivity contribution in [3.63, 3.8) is 0 Å². The number of imidazole rings is 1. The van der Waals surface area contributed by atoms with Crippen LogP contribution in [0.1, 0.15) is 18.8 Å². The number of alkyl halides is 2. The number of hydrogen-bond acceptors (Lipinski definition) is 4. The lowest BCUT2D eigenvalue weighted by molar-refractivity contribution is -0.121. The van der Waals surface area contributed by atoms with Crippen LogP contribution in [0.25, 0.3) is 0 Å². The Morgan fingerprint density at radius 1 is 1.23 bits per heavy atom. The van der Waals surface area contributed by atoms with Gasteiger partial charge in [0.05, 0.1) is 12.3 Å². The van der Waals surface area contributed by atoms with E-state index in [0.717, 1.165) is 10.7 Å². The van der Waals surface area contributed by atoms with Gasteiger partial charge in [-0.1, -0.05) is 15.9 Å². The highest BCUT2D eigenvalue weighted by molar-refractivity contribution is 9.10. The number of anilines is 1. The summed E-state index contributed by atoms with van der Waals surface area (Å²) >= 11 is 4.64. The highest BCUT2D eigenvalue weighted by atomic mass is 79.9. The number of thioether (sulfide) groups is 1. The Balaban J connectivity index is 1.61. The van der Waals surface area contributed by atoms with Crippen molar-refractivity contribution in [3.05, 3.63) is 47.0 Å². The third-order valence-electron chi connectivity index (χ3n) is 3.24. The van der Waals surface area contributed by atoms with Crippen LogP contribution >= 0.6 is 27.7 Å². The smallest absolute Gasteiger partial charge is 0.319 e. The summed E-state index contributed by atoms with van der Waals surface area (Å²) in [4.78, 5) is 27.3. The van der Waals surface area contributed by atoms with E-state index >= 15 is 0 Å². The zero-order valence-electron chi connectivity index (χ0n) is 13.6. The molecule has 0 aliphatic heterocycles. The fourth-order valence-electron chi connectivity index (χ4n) is 1.98. The Morgan fingerprint density at radius 3 is 2.65 bits per heavy atom. The van der Waals surface area contributed by atoms with E-state index in [1.165, 1.54) is 18.0 Å². The van der Waals surface area contributed by atoms with Crippen LogP contribution < -0.4 is 10.6 Å². The van der Waals surface area contributed by atoms with Crippen molar-refractivity contribution in [3.8, 4) is 0 Å². The van der Waals surface area contributed by atoms with Crippen molar-refractivity contribution in [1.29, 1.82) is 0 Å². The van der Waals surface area contributed by atoms with Gasteiger partial charge in [-0.15, -0.1) is 0 Å². The zero-order valence-corrected chi connectivity index (χ0v) is 16.0. The molecule has 2 N–H and O–H groups in total. The summed E-state index contributed by atoms with van der Waals surface area (Å²) in [5.41, 5.74) is 0.700. The molecule has 0 fully saturated rings. The molecule has 0 bridgehead atoms. The van der Waals surface area contributed by atoms with Crippen molar-refractivity contribution >= 4 is 45.2 Å². The van der Waals surface area contributed by atoms with E-state index in [9.17, 15) is 18.4 Å². The molecule has 2 amide bonds. The maximum atomic E-state index is 12.7. The van der Waals surface area contributed by atoms with Gasteiger partial charge in [0, 0.05) is 34.7 Å². The number of benzene rings is 1. The molecule has 0 unspecified atom stereocenters. The third kappa shape index (κ3) is 6.75. The molecule has 26 heavy (non-hydrogen) atoms. The van der Waals surface area contributed by atoms with Crippen LogP contribution in [0.4, 0.5) is 14.5 Å². The first-order valence-electron chi connectivity index (χ1n) is 7.65. The average Bonchev–Trinajstić information content (AvgIpc) is 3.08. The number of amides is 2. The van der Waals surface area contributed by atoms with Gasteiger partial charge in [-0.05, 0) is 24.3 Å². The van der Waals surface area contributed by atoms with E-state index in [1.807, 2.05) is 12.1 Å². The highest BCUT2D eigenvalue weighted by Crippen LogP contribution is 2.15. The minimum absolute atomic E-state index is 0.0646. The first-order valence-corrected chi connectivity index (χ1v) is 9.60. The lowest BCUT2D eigenvalue weighted by Gasteiger charge is -2.08. The lowest BCUT2D eigenvalue weighted by Crippen LogP contribution is -2.25. The molecule has 0 atom stereocenters. The molecule has 2 rings (SSSR count). The predicted molar refractivity (Wildman–Crippen MR) is 100 cm³/mol. The van der Waals surface area contributed by atoms with Gasteiger partial charge >= 0.3 is 6.55 Å². The second kappa shape index (κ2) is 10.3. The molecular weight excluding hydrogens is 430 g/mol. The summed E-state index contributed by atoms with van der Waals surface area (Å²) in [6, 6.07) is 7.21. The van der Waals surface area contributed by atoms with Crippen molar-refractivity contribution in [1.82, 2.24) is 14.9 Å². The molecule has 0 saturated heterocycles. The topological polar surface area (TPSA) is 76.0 Å². The van der Waals surface area contributed by atoms with E-state index in [1.54, 1.807) is 12.1 Å². The molecule has 0 aliphatic rings. The molecule has 10 heteroatoms. The molecule has 2 aromatic rings. The summed E-state index contributed by atoms with van der Waals surface area (Å²) < 4.78 is 26.9. The van der Waals surface area contributed by atoms with Crippen LogP contribution in [0, 0.1) is 0 Å². The van der Waals surface area contributed by atoms with Crippen molar-refractivity contribution in [2.75, 3.05) is 16.8 Å². The Kier molecular flexibility index (Phi) is 8.05. The van der Waals surface area contributed by atoms with E-state index in [-0.39, 0.29) is 36.4 Å². The lowest BCUT2D eigenvalue weighted by atomic mass is 10.3. The third-order valence-corrected chi connectivity index (χ3v) is 4.73. The summed E-state index contributed by atoms with van der Waals surface area (Å²) in [5, 5.41) is 5.29. The predicted octanol–water partition coefficient (Wildman–Crippen LogP) is 3.42. The summed E-state index contributed by atoms with van der Waals surface area (Å²) in [5.74, 6) is 0.323. The second-order valence-electron chi connectivity index (χ2n) is 5.16. The molecule has 140 valence electrons. The van der Waals surface area contributed by atoms with Crippen LogP contribution in [0.2, 0.25) is 0 Å². The molecule has 1 heterocycles. The summed E-state index contributed by atoms with van der Waals surface area (Å²) in [7, 11) is 0. The van der Waals surface area contributed by atoms with E-state index in [4.69, 9.17) is 0 Å². The Morgan fingerprint density at radius 2 is 1.96 bits per heavy atom. The van der Waals surface area contributed by atoms with Gasteiger partial charge in [-0.3, -0.25) is 14.2 Å². The van der Waals surface area contributed by atoms with Crippen LogP contribution in [-0.2, 0) is 16.1 Å².